The molecule has 0 spiro atoms. The molecule has 0 saturated heterocycles. The van der Waals surface area contributed by atoms with Crippen LogP contribution in [0.2, 0.25) is 0 Å². The minimum absolute atomic E-state index is 0.0352. The molecule has 25 heavy (non-hydrogen) atoms. The average molecular weight is 362 g/mol. The van der Waals surface area contributed by atoms with Gasteiger partial charge in [0.25, 0.3) is 15.7 Å². The number of carbonyl (C=O) groups is 1. The van der Waals surface area contributed by atoms with Gasteiger partial charge in [0.2, 0.25) is 0 Å². The van der Waals surface area contributed by atoms with Gasteiger partial charge < -0.3 is 4.74 Å². The van der Waals surface area contributed by atoms with Gasteiger partial charge in [-0.1, -0.05) is 6.07 Å². The van der Waals surface area contributed by atoms with E-state index in [9.17, 15) is 23.3 Å². The van der Waals surface area contributed by atoms with Crippen LogP contribution >= 0.6 is 0 Å². The summed E-state index contributed by atoms with van der Waals surface area (Å²) < 4.78 is 32.2. The molecule has 0 atom stereocenters. The van der Waals surface area contributed by atoms with Gasteiger partial charge >= 0.3 is 0 Å². The van der Waals surface area contributed by atoms with Crippen molar-refractivity contribution in [1.82, 2.24) is 0 Å². The van der Waals surface area contributed by atoms with E-state index in [0.717, 1.165) is 10.4 Å². The van der Waals surface area contributed by atoms with Crippen molar-refractivity contribution in [2.24, 2.45) is 0 Å². The number of rotatable bonds is 4. The number of nitro groups is 1. The van der Waals surface area contributed by atoms with Crippen LogP contribution in [0.1, 0.15) is 16.8 Å². The molecule has 2 aromatic rings. The molecular weight excluding hydrogens is 348 g/mol. The molecule has 9 heteroatoms. The van der Waals surface area contributed by atoms with Crippen molar-refractivity contribution >= 4 is 27.2 Å². The normalized spacial score (nSPS) is 14.1. The zero-order valence-electron chi connectivity index (χ0n) is 13.2. The van der Waals surface area contributed by atoms with Gasteiger partial charge in [-0.3, -0.25) is 19.2 Å². The van der Waals surface area contributed by atoms with E-state index in [0.29, 0.717) is 5.75 Å². The van der Waals surface area contributed by atoms with Crippen molar-refractivity contribution in [1.29, 1.82) is 0 Å². The number of fused-ring (bicyclic) bond motifs is 1. The Kier molecular flexibility index (Phi) is 4.17. The molecule has 0 amide bonds. The number of ketones is 1. The minimum Gasteiger partial charge on any atom is -0.497 e. The lowest BCUT2D eigenvalue weighted by atomic mass is 10.0. The van der Waals surface area contributed by atoms with E-state index in [1.807, 2.05) is 0 Å². The maximum Gasteiger partial charge on any atom is 0.270 e. The van der Waals surface area contributed by atoms with E-state index in [1.54, 1.807) is 6.07 Å². The molecule has 0 aliphatic carbocycles. The lowest BCUT2D eigenvalue weighted by Crippen LogP contribution is -2.37. The van der Waals surface area contributed by atoms with Gasteiger partial charge in [-0.15, -0.1) is 0 Å². The molecule has 0 saturated carbocycles. The van der Waals surface area contributed by atoms with E-state index in [1.165, 1.54) is 37.4 Å². The van der Waals surface area contributed by atoms with Crippen LogP contribution in [-0.2, 0) is 10.0 Å². The van der Waals surface area contributed by atoms with E-state index in [4.69, 9.17) is 4.74 Å². The van der Waals surface area contributed by atoms with E-state index < -0.39 is 14.9 Å². The summed E-state index contributed by atoms with van der Waals surface area (Å²) in [5.74, 6) is 0.246. The number of non-ortho nitro benzene ring substituents is 1. The fourth-order valence-corrected chi connectivity index (χ4v) is 4.19. The van der Waals surface area contributed by atoms with Crippen LogP contribution < -0.4 is 9.04 Å². The maximum atomic E-state index is 13.0. The molecule has 130 valence electrons. The Morgan fingerprint density at radius 1 is 1.20 bits per heavy atom. The smallest absolute Gasteiger partial charge is 0.270 e. The zero-order valence-corrected chi connectivity index (χ0v) is 14.0. The number of nitrogens with zero attached hydrogens (tertiary/aromatic N) is 2. The van der Waals surface area contributed by atoms with E-state index in [2.05, 4.69) is 0 Å². The summed E-state index contributed by atoms with van der Waals surface area (Å²) in [6.07, 6.45) is 0.0352. The minimum atomic E-state index is -4.06. The molecule has 1 heterocycles. The highest BCUT2D eigenvalue weighted by molar-refractivity contribution is 7.92. The van der Waals surface area contributed by atoms with Gasteiger partial charge in [0.15, 0.2) is 5.78 Å². The zero-order chi connectivity index (χ0) is 18.2. The summed E-state index contributed by atoms with van der Waals surface area (Å²) in [6, 6.07) is 9.40. The summed E-state index contributed by atoms with van der Waals surface area (Å²) in [6.45, 7) is -0.0377. The predicted octanol–water partition coefficient (Wildman–Crippen LogP) is 2.39. The Morgan fingerprint density at radius 3 is 2.64 bits per heavy atom. The monoisotopic (exact) mass is 362 g/mol. The summed E-state index contributed by atoms with van der Waals surface area (Å²) in [5, 5.41) is 10.9. The number of Topliss-reactive ketones (excluding diaryl/α,β-unsaturated/α-hetero) is 1. The van der Waals surface area contributed by atoms with E-state index >= 15 is 0 Å². The van der Waals surface area contributed by atoms with Gasteiger partial charge in [0.05, 0.1) is 22.6 Å². The lowest BCUT2D eigenvalue weighted by molar-refractivity contribution is -0.385. The first-order valence-corrected chi connectivity index (χ1v) is 8.77. The van der Waals surface area contributed by atoms with Crippen molar-refractivity contribution < 1.29 is 22.9 Å². The summed E-state index contributed by atoms with van der Waals surface area (Å²) >= 11 is 0. The van der Waals surface area contributed by atoms with Crippen molar-refractivity contribution in [3.05, 3.63) is 58.1 Å². The second kappa shape index (κ2) is 6.17. The number of sulfonamides is 1. The fraction of sp³-hybridized carbons (Fsp3) is 0.188. The third-order valence-electron chi connectivity index (χ3n) is 3.93. The number of ether oxygens (including phenoxy) is 1. The molecule has 2 aromatic carbocycles. The first-order chi connectivity index (χ1) is 11.8. The average Bonchev–Trinajstić information content (AvgIpc) is 2.61. The molecular formula is C16H14N2O6S. The third kappa shape index (κ3) is 2.93. The number of benzene rings is 2. The largest absolute Gasteiger partial charge is 0.497 e. The van der Waals surface area contributed by atoms with Crippen LogP contribution in [0.15, 0.2) is 47.4 Å². The molecule has 3 rings (SSSR count). The first-order valence-electron chi connectivity index (χ1n) is 7.33. The van der Waals surface area contributed by atoms with Crippen LogP contribution in [0.4, 0.5) is 11.4 Å². The van der Waals surface area contributed by atoms with Crippen LogP contribution in [0.3, 0.4) is 0 Å². The van der Waals surface area contributed by atoms with Gasteiger partial charge in [-0.2, -0.15) is 0 Å². The highest BCUT2D eigenvalue weighted by Gasteiger charge is 2.33. The molecule has 0 radical (unpaired) electrons. The predicted molar refractivity (Wildman–Crippen MR) is 89.6 cm³/mol. The first kappa shape index (κ1) is 16.9. The lowest BCUT2D eigenvalue weighted by Gasteiger charge is -2.30. The SMILES string of the molecule is COc1ccc2c(c1)N(S(=O)(=O)c1cccc([N+](=O)[O-])c1)CCC2=O. The molecule has 0 aromatic heterocycles. The molecule has 1 aliphatic heterocycles. The number of carbonyl (C=O) groups excluding carboxylic acids is 1. The van der Waals surface area contributed by atoms with Gasteiger partial charge in [-0.25, -0.2) is 8.42 Å². The number of methoxy groups -OCH3 is 1. The van der Waals surface area contributed by atoms with Gasteiger partial charge in [-0.05, 0) is 18.2 Å². The van der Waals surface area contributed by atoms with Crippen molar-refractivity contribution in [3.63, 3.8) is 0 Å². The topological polar surface area (TPSA) is 107 Å². The summed E-state index contributed by atoms with van der Waals surface area (Å²) in [5.41, 5.74) is 0.170. The van der Waals surface area contributed by atoms with Crippen LogP contribution in [0, 0.1) is 10.1 Å². The Balaban J connectivity index is 2.13. The van der Waals surface area contributed by atoms with Crippen LogP contribution in [-0.4, -0.2) is 32.8 Å². The number of nitro benzene ring substituents is 1. The molecule has 0 unspecified atom stereocenters. The standard InChI is InChI=1S/C16H14N2O6S/c1-24-12-5-6-14-15(10-12)17(8-7-16(14)19)25(22,23)13-4-2-3-11(9-13)18(20)21/h2-6,9-10H,7-8H2,1H3. The maximum absolute atomic E-state index is 13.0. The summed E-state index contributed by atoms with van der Waals surface area (Å²) in [7, 11) is -2.62. The van der Waals surface area contributed by atoms with Crippen molar-refractivity contribution in [2.75, 3.05) is 18.0 Å². The second-order valence-electron chi connectivity index (χ2n) is 5.39. The molecule has 0 N–H and O–H groups in total. The number of hydrogen-bond acceptors (Lipinski definition) is 6. The Morgan fingerprint density at radius 2 is 1.96 bits per heavy atom. The fourth-order valence-electron chi connectivity index (χ4n) is 2.67. The van der Waals surface area contributed by atoms with Gasteiger partial charge in [0, 0.05) is 36.7 Å². The van der Waals surface area contributed by atoms with E-state index in [-0.39, 0.29) is 40.6 Å². The molecule has 1 aliphatic rings. The second-order valence-corrected chi connectivity index (χ2v) is 7.25. The highest BCUT2D eigenvalue weighted by atomic mass is 32.2. The van der Waals surface area contributed by atoms with Crippen LogP contribution in [0.25, 0.3) is 0 Å². The van der Waals surface area contributed by atoms with Gasteiger partial charge in [0.1, 0.15) is 5.75 Å². The number of hydrogen-bond donors (Lipinski definition) is 0. The Hall–Kier alpha value is -2.94. The molecule has 0 bridgehead atoms. The van der Waals surface area contributed by atoms with Crippen molar-refractivity contribution in [2.45, 2.75) is 11.3 Å². The van der Waals surface area contributed by atoms with Crippen molar-refractivity contribution in [3.8, 4) is 5.75 Å². The third-order valence-corrected chi connectivity index (χ3v) is 5.74. The number of anilines is 1. The quantitative estimate of drug-likeness (QED) is 0.610. The molecule has 8 nitrogen and oxygen atoms in total. The molecule has 0 fully saturated rings. The summed E-state index contributed by atoms with van der Waals surface area (Å²) in [4.78, 5) is 22.1. The Bertz CT molecular complexity index is 970. The Labute approximate surface area is 143 Å². The van der Waals surface area contributed by atoms with Crippen LogP contribution in [0.5, 0.6) is 5.75 Å². The highest BCUT2D eigenvalue weighted by Crippen LogP contribution is 2.35.